The molecule has 0 spiro atoms. The van der Waals surface area contributed by atoms with Crippen LogP contribution >= 0.6 is 11.6 Å². The van der Waals surface area contributed by atoms with Gasteiger partial charge in [0.15, 0.2) is 6.04 Å². The number of ether oxygens (including phenoxy) is 2. The Balaban J connectivity index is 2.66. The van der Waals surface area contributed by atoms with Crippen LogP contribution in [-0.4, -0.2) is 37.4 Å². The molecule has 122 valence electrons. The highest BCUT2D eigenvalue weighted by Gasteiger charge is 2.24. The fraction of sp³-hybridized carbons (Fsp3) is 0.467. The predicted molar refractivity (Wildman–Crippen MR) is 85.1 cm³/mol. The van der Waals surface area contributed by atoms with Gasteiger partial charge in [-0.05, 0) is 32.9 Å². The first kappa shape index (κ1) is 18.3. The zero-order valence-corrected chi connectivity index (χ0v) is 13.9. The van der Waals surface area contributed by atoms with Gasteiger partial charge in [0, 0.05) is 0 Å². The van der Waals surface area contributed by atoms with Crippen molar-refractivity contribution in [2.45, 2.75) is 32.4 Å². The van der Waals surface area contributed by atoms with Crippen molar-refractivity contribution in [2.75, 3.05) is 19.0 Å². The number of methoxy groups -OCH3 is 1. The summed E-state index contributed by atoms with van der Waals surface area (Å²) in [4.78, 5) is 23.7. The Morgan fingerprint density at radius 3 is 2.45 bits per heavy atom. The highest BCUT2D eigenvalue weighted by molar-refractivity contribution is 6.33. The van der Waals surface area contributed by atoms with Gasteiger partial charge in [-0.1, -0.05) is 23.7 Å². The summed E-state index contributed by atoms with van der Waals surface area (Å²) in [5.74, 6) is -0.585. The summed E-state index contributed by atoms with van der Waals surface area (Å²) in [6, 6.07) is 5.31. The molecule has 0 saturated carbocycles. The van der Waals surface area contributed by atoms with Gasteiger partial charge in [-0.25, -0.2) is 9.59 Å². The summed E-state index contributed by atoms with van der Waals surface area (Å²) in [6.45, 7) is 5.56. The molecule has 0 aliphatic heterocycles. The van der Waals surface area contributed by atoms with E-state index in [0.717, 1.165) is 0 Å². The minimum absolute atomic E-state index is 0.00607. The van der Waals surface area contributed by atoms with E-state index in [1.807, 2.05) is 20.8 Å². The van der Waals surface area contributed by atoms with Crippen LogP contribution in [0.4, 0.5) is 10.5 Å². The van der Waals surface area contributed by atoms with E-state index >= 15 is 0 Å². The average Bonchev–Trinajstić information content (AvgIpc) is 2.44. The molecule has 0 aromatic heterocycles. The number of carbonyl (C=O) groups is 2. The molecule has 0 fully saturated rings. The van der Waals surface area contributed by atoms with Crippen molar-refractivity contribution in [1.82, 2.24) is 5.32 Å². The number of carbonyl (C=O) groups excluding carboxylic acids is 2. The Kier molecular flexibility index (Phi) is 6.64. The number of para-hydroxylation sites is 1. The molecule has 0 heterocycles. The predicted octanol–water partition coefficient (Wildman–Crippen LogP) is 2.82. The van der Waals surface area contributed by atoms with Crippen molar-refractivity contribution in [3.05, 3.63) is 29.3 Å². The number of anilines is 1. The van der Waals surface area contributed by atoms with E-state index in [1.54, 1.807) is 24.3 Å². The van der Waals surface area contributed by atoms with E-state index < -0.39 is 23.6 Å². The number of halogens is 1. The van der Waals surface area contributed by atoms with Crippen LogP contribution in [0.15, 0.2) is 24.3 Å². The second-order valence-electron chi connectivity index (χ2n) is 5.58. The molecule has 2 N–H and O–H groups in total. The van der Waals surface area contributed by atoms with Gasteiger partial charge in [0.25, 0.3) is 0 Å². The van der Waals surface area contributed by atoms with Crippen LogP contribution < -0.4 is 10.6 Å². The van der Waals surface area contributed by atoms with Crippen molar-refractivity contribution >= 4 is 29.3 Å². The monoisotopic (exact) mass is 328 g/mol. The summed E-state index contributed by atoms with van der Waals surface area (Å²) >= 11 is 5.96. The van der Waals surface area contributed by atoms with Gasteiger partial charge in [-0.15, -0.1) is 0 Å². The first-order valence-electron chi connectivity index (χ1n) is 6.77. The molecule has 22 heavy (non-hydrogen) atoms. The number of amides is 2. The van der Waals surface area contributed by atoms with Gasteiger partial charge in [0.1, 0.15) is 0 Å². The minimum Gasteiger partial charge on any atom is -0.467 e. The summed E-state index contributed by atoms with van der Waals surface area (Å²) in [6.07, 6.45) is 0. The topological polar surface area (TPSA) is 76.7 Å². The van der Waals surface area contributed by atoms with Gasteiger partial charge in [-0.3, -0.25) is 0 Å². The lowest BCUT2D eigenvalue weighted by molar-refractivity contribution is -0.145. The maximum atomic E-state index is 12.0. The van der Waals surface area contributed by atoms with Crippen LogP contribution in [0.1, 0.15) is 20.8 Å². The smallest absolute Gasteiger partial charge is 0.330 e. The number of rotatable bonds is 5. The Hall–Kier alpha value is -1.79. The van der Waals surface area contributed by atoms with Gasteiger partial charge in [0.05, 0.1) is 30.0 Å². The summed E-state index contributed by atoms with van der Waals surface area (Å²) in [7, 11) is 1.25. The Morgan fingerprint density at radius 2 is 1.91 bits per heavy atom. The zero-order chi connectivity index (χ0) is 16.8. The quantitative estimate of drug-likeness (QED) is 0.815. The van der Waals surface area contributed by atoms with Crippen molar-refractivity contribution in [1.29, 1.82) is 0 Å². The molecule has 0 radical (unpaired) electrons. The largest absolute Gasteiger partial charge is 0.467 e. The molecule has 0 aliphatic carbocycles. The standard InChI is InChI=1S/C15H21ClN2O4/c1-15(2,3)22-9-12(13(19)21-4)18-14(20)17-11-8-6-5-7-10(11)16/h5-8,12H,9H2,1-4H3,(H2,17,18,20). The van der Waals surface area contributed by atoms with Crippen LogP contribution in [0.3, 0.4) is 0 Å². The molecule has 2 amide bonds. The number of benzene rings is 1. The lowest BCUT2D eigenvalue weighted by Gasteiger charge is -2.24. The molecule has 1 atom stereocenters. The van der Waals surface area contributed by atoms with Crippen LogP contribution in [0.5, 0.6) is 0 Å². The van der Waals surface area contributed by atoms with Crippen LogP contribution in [-0.2, 0) is 14.3 Å². The molecule has 1 unspecified atom stereocenters. The molecule has 0 bridgehead atoms. The Bertz CT molecular complexity index is 529. The number of hydrogen-bond acceptors (Lipinski definition) is 4. The number of nitrogens with one attached hydrogen (secondary N) is 2. The molecular formula is C15H21ClN2O4. The van der Waals surface area contributed by atoms with E-state index in [2.05, 4.69) is 15.4 Å². The van der Waals surface area contributed by atoms with Crippen molar-refractivity contribution in [3.8, 4) is 0 Å². The Morgan fingerprint density at radius 1 is 1.27 bits per heavy atom. The molecule has 1 rings (SSSR count). The molecular weight excluding hydrogens is 308 g/mol. The average molecular weight is 329 g/mol. The lowest BCUT2D eigenvalue weighted by atomic mass is 10.2. The van der Waals surface area contributed by atoms with Crippen molar-refractivity contribution in [3.63, 3.8) is 0 Å². The van der Waals surface area contributed by atoms with Crippen molar-refractivity contribution < 1.29 is 19.1 Å². The zero-order valence-electron chi connectivity index (χ0n) is 13.1. The van der Waals surface area contributed by atoms with Crippen LogP contribution in [0, 0.1) is 0 Å². The lowest BCUT2D eigenvalue weighted by Crippen LogP contribution is -2.47. The van der Waals surface area contributed by atoms with Gasteiger partial charge in [-0.2, -0.15) is 0 Å². The normalized spacial score (nSPS) is 12.4. The maximum absolute atomic E-state index is 12.0. The third-order valence-electron chi connectivity index (χ3n) is 2.60. The number of hydrogen-bond donors (Lipinski definition) is 2. The number of urea groups is 1. The van der Waals surface area contributed by atoms with Gasteiger partial charge >= 0.3 is 12.0 Å². The minimum atomic E-state index is -0.910. The van der Waals surface area contributed by atoms with Crippen LogP contribution in [0.25, 0.3) is 0 Å². The summed E-state index contributed by atoms with van der Waals surface area (Å²) in [5, 5.41) is 5.48. The first-order chi connectivity index (χ1) is 10.2. The number of esters is 1. The third kappa shape index (κ3) is 6.32. The highest BCUT2D eigenvalue weighted by atomic mass is 35.5. The first-order valence-corrected chi connectivity index (χ1v) is 7.14. The third-order valence-corrected chi connectivity index (χ3v) is 2.93. The SMILES string of the molecule is COC(=O)C(COC(C)(C)C)NC(=O)Nc1ccccc1Cl. The molecule has 1 aromatic carbocycles. The summed E-state index contributed by atoms with van der Waals surface area (Å²) in [5.41, 5.74) is 0.00898. The van der Waals surface area contributed by atoms with E-state index in [0.29, 0.717) is 10.7 Å². The fourth-order valence-electron chi connectivity index (χ4n) is 1.52. The van der Waals surface area contributed by atoms with Crippen LogP contribution in [0.2, 0.25) is 5.02 Å². The second kappa shape index (κ2) is 8.00. The second-order valence-corrected chi connectivity index (χ2v) is 5.98. The highest BCUT2D eigenvalue weighted by Crippen LogP contribution is 2.20. The van der Waals surface area contributed by atoms with Gasteiger partial charge < -0.3 is 20.1 Å². The molecule has 1 aromatic rings. The fourth-order valence-corrected chi connectivity index (χ4v) is 1.71. The van der Waals surface area contributed by atoms with E-state index in [1.165, 1.54) is 7.11 Å². The summed E-state index contributed by atoms with van der Waals surface area (Å²) < 4.78 is 10.2. The molecule has 7 heteroatoms. The van der Waals surface area contributed by atoms with E-state index in [9.17, 15) is 9.59 Å². The molecule has 6 nitrogen and oxygen atoms in total. The molecule has 0 saturated heterocycles. The molecule has 0 aliphatic rings. The van der Waals surface area contributed by atoms with E-state index in [-0.39, 0.29) is 6.61 Å². The van der Waals surface area contributed by atoms with Crippen molar-refractivity contribution in [2.24, 2.45) is 0 Å². The van der Waals surface area contributed by atoms with E-state index in [4.69, 9.17) is 16.3 Å². The maximum Gasteiger partial charge on any atom is 0.330 e. The van der Waals surface area contributed by atoms with Gasteiger partial charge in [0.2, 0.25) is 0 Å². The Labute approximate surface area is 135 Å².